The van der Waals surface area contributed by atoms with Crippen molar-refractivity contribution in [3.05, 3.63) is 46.1 Å². The van der Waals surface area contributed by atoms with Crippen LogP contribution in [0.2, 0.25) is 0 Å². The molecule has 0 unspecified atom stereocenters. The number of hydrogen-bond donors (Lipinski definition) is 1. The quantitative estimate of drug-likeness (QED) is 0.516. The maximum absolute atomic E-state index is 12.7. The van der Waals surface area contributed by atoms with Crippen LogP contribution in [0.4, 0.5) is 0 Å². The van der Waals surface area contributed by atoms with Crippen molar-refractivity contribution in [2.75, 3.05) is 6.61 Å². The lowest BCUT2D eigenvalue weighted by Gasteiger charge is -2.10. The maximum atomic E-state index is 12.7. The standard InChI is InChI=1S/C22H30N4O2/c1-4-6-7-8-9-10-15-19-23-16(3)20-22(27)24-21(25-26(19)20)17-13-11-12-14-18(17)28-5-2/h11-14H,4-10,15H2,1-3H3,(H,24,25,27). The maximum Gasteiger partial charge on any atom is 0.277 e. The molecule has 1 N–H and O–H groups in total. The lowest BCUT2D eigenvalue weighted by molar-refractivity contribution is 0.341. The van der Waals surface area contributed by atoms with Gasteiger partial charge >= 0.3 is 0 Å². The van der Waals surface area contributed by atoms with Crippen molar-refractivity contribution in [1.29, 1.82) is 0 Å². The smallest absolute Gasteiger partial charge is 0.277 e. The van der Waals surface area contributed by atoms with E-state index in [-0.39, 0.29) is 5.56 Å². The normalized spacial score (nSPS) is 11.2. The Morgan fingerprint density at radius 1 is 1.07 bits per heavy atom. The molecule has 0 aliphatic rings. The highest BCUT2D eigenvalue weighted by Gasteiger charge is 2.16. The van der Waals surface area contributed by atoms with Gasteiger partial charge < -0.3 is 9.72 Å². The van der Waals surface area contributed by atoms with Crippen LogP contribution in [0, 0.1) is 6.92 Å². The molecule has 28 heavy (non-hydrogen) atoms. The number of unbranched alkanes of at least 4 members (excludes halogenated alkanes) is 5. The van der Waals surface area contributed by atoms with E-state index in [4.69, 9.17) is 9.84 Å². The summed E-state index contributed by atoms with van der Waals surface area (Å²) in [7, 11) is 0. The fraction of sp³-hybridized carbons (Fsp3) is 0.500. The Hall–Kier alpha value is -2.63. The van der Waals surface area contributed by atoms with Crippen LogP contribution >= 0.6 is 0 Å². The van der Waals surface area contributed by atoms with E-state index in [2.05, 4.69) is 16.9 Å². The van der Waals surface area contributed by atoms with E-state index >= 15 is 0 Å². The predicted molar refractivity (Wildman–Crippen MR) is 112 cm³/mol. The van der Waals surface area contributed by atoms with Gasteiger partial charge in [0.25, 0.3) is 5.56 Å². The molecule has 2 aromatic heterocycles. The minimum absolute atomic E-state index is 0.171. The first kappa shape index (κ1) is 20.1. The fourth-order valence-corrected chi connectivity index (χ4v) is 3.53. The number of imidazole rings is 1. The number of rotatable bonds is 10. The average Bonchev–Trinajstić information content (AvgIpc) is 3.01. The van der Waals surface area contributed by atoms with Crippen LogP contribution in [-0.2, 0) is 6.42 Å². The summed E-state index contributed by atoms with van der Waals surface area (Å²) in [6, 6.07) is 7.63. The molecule has 3 aromatic rings. The Bertz CT molecular complexity index is 974. The van der Waals surface area contributed by atoms with Crippen LogP contribution in [0.1, 0.15) is 63.9 Å². The molecule has 0 saturated carbocycles. The zero-order valence-corrected chi connectivity index (χ0v) is 17.1. The summed E-state index contributed by atoms with van der Waals surface area (Å²) in [6.07, 6.45) is 8.14. The van der Waals surface area contributed by atoms with Gasteiger partial charge in [0.1, 0.15) is 11.6 Å². The summed E-state index contributed by atoms with van der Waals surface area (Å²) in [5, 5.41) is 4.72. The SMILES string of the molecule is CCCCCCCCc1nc(C)c2c(=O)[nH]c(-c3ccccc3OCC)nn12. The number of para-hydroxylation sites is 1. The largest absolute Gasteiger partial charge is 0.493 e. The topological polar surface area (TPSA) is 72.3 Å². The third-order valence-electron chi connectivity index (χ3n) is 4.94. The summed E-state index contributed by atoms with van der Waals surface area (Å²) in [5.74, 6) is 2.06. The van der Waals surface area contributed by atoms with Gasteiger partial charge in [-0.1, -0.05) is 51.2 Å². The lowest BCUT2D eigenvalue weighted by atomic mass is 10.1. The average molecular weight is 383 g/mol. The number of nitrogens with one attached hydrogen (secondary N) is 1. The highest BCUT2D eigenvalue weighted by Crippen LogP contribution is 2.26. The summed E-state index contributed by atoms with van der Waals surface area (Å²) < 4.78 is 7.42. The van der Waals surface area contributed by atoms with Gasteiger partial charge in [-0.2, -0.15) is 0 Å². The monoisotopic (exact) mass is 382 g/mol. The van der Waals surface area contributed by atoms with Crippen LogP contribution in [0.3, 0.4) is 0 Å². The van der Waals surface area contributed by atoms with Crippen LogP contribution in [-0.4, -0.2) is 26.2 Å². The Balaban J connectivity index is 1.90. The zero-order valence-electron chi connectivity index (χ0n) is 17.1. The second-order valence-electron chi connectivity index (χ2n) is 7.12. The number of fused-ring (bicyclic) bond motifs is 1. The molecule has 150 valence electrons. The Morgan fingerprint density at radius 3 is 2.61 bits per heavy atom. The molecule has 0 saturated heterocycles. The highest BCUT2D eigenvalue weighted by molar-refractivity contribution is 5.64. The van der Waals surface area contributed by atoms with Crippen molar-refractivity contribution in [2.24, 2.45) is 0 Å². The van der Waals surface area contributed by atoms with E-state index in [0.717, 1.165) is 29.9 Å². The molecule has 0 aliphatic heterocycles. The summed E-state index contributed by atoms with van der Waals surface area (Å²) in [5.41, 5.74) is 1.86. The molecular weight excluding hydrogens is 352 g/mol. The number of aromatic amines is 1. The fourth-order valence-electron chi connectivity index (χ4n) is 3.53. The van der Waals surface area contributed by atoms with Crippen LogP contribution < -0.4 is 10.3 Å². The van der Waals surface area contributed by atoms with E-state index in [0.29, 0.717) is 23.7 Å². The molecule has 1 aromatic carbocycles. The minimum Gasteiger partial charge on any atom is -0.493 e. The van der Waals surface area contributed by atoms with E-state index in [9.17, 15) is 4.79 Å². The Kier molecular flexibility index (Phi) is 6.85. The number of H-pyrrole nitrogens is 1. The number of ether oxygens (including phenoxy) is 1. The van der Waals surface area contributed by atoms with Gasteiger partial charge in [-0.05, 0) is 32.4 Å². The van der Waals surface area contributed by atoms with E-state index in [1.54, 1.807) is 4.52 Å². The first-order valence-electron chi connectivity index (χ1n) is 10.4. The molecular formula is C22H30N4O2. The number of hydrogen-bond acceptors (Lipinski definition) is 4. The molecule has 0 bridgehead atoms. The van der Waals surface area contributed by atoms with Crippen molar-refractivity contribution < 1.29 is 4.74 Å². The third kappa shape index (κ3) is 4.43. The molecule has 0 radical (unpaired) electrons. The number of nitrogens with zero attached hydrogens (tertiary/aromatic N) is 3. The van der Waals surface area contributed by atoms with Crippen LogP contribution in [0.25, 0.3) is 16.9 Å². The van der Waals surface area contributed by atoms with E-state index in [1.807, 2.05) is 38.1 Å². The number of aromatic nitrogens is 4. The predicted octanol–water partition coefficient (Wildman–Crippen LogP) is 4.69. The van der Waals surface area contributed by atoms with Crippen molar-refractivity contribution >= 4 is 5.52 Å². The van der Waals surface area contributed by atoms with Crippen molar-refractivity contribution in [3.8, 4) is 17.1 Å². The van der Waals surface area contributed by atoms with Crippen molar-refractivity contribution in [1.82, 2.24) is 19.6 Å². The molecule has 6 heteroatoms. The van der Waals surface area contributed by atoms with Crippen LogP contribution in [0.5, 0.6) is 5.75 Å². The second kappa shape index (κ2) is 9.53. The molecule has 0 fully saturated rings. The van der Waals surface area contributed by atoms with E-state index < -0.39 is 0 Å². The first-order valence-corrected chi connectivity index (χ1v) is 10.4. The lowest BCUT2D eigenvalue weighted by Crippen LogP contribution is -2.16. The molecule has 0 aliphatic carbocycles. The van der Waals surface area contributed by atoms with Crippen molar-refractivity contribution in [3.63, 3.8) is 0 Å². The van der Waals surface area contributed by atoms with Gasteiger partial charge in [-0.3, -0.25) is 4.79 Å². The number of aryl methyl sites for hydroxylation is 2. The zero-order chi connectivity index (χ0) is 19.9. The Labute approximate surface area is 166 Å². The molecule has 2 heterocycles. The Morgan fingerprint density at radius 2 is 1.82 bits per heavy atom. The molecule has 0 spiro atoms. The van der Waals surface area contributed by atoms with Gasteiger partial charge in [0.15, 0.2) is 11.3 Å². The summed E-state index contributed by atoms with van der Waals surface area (Å²) >= 11 is 0. The van der Waals surface area contributed by atoms with Gasteiger partial charge in [-0.15, -0.1) is 5.10 Å². The number of benzene rings is 1. The van der Waals surface area contributed by atoms with Gasteiger partial charge in [-0.25, -0.2) is 9.50 Å². The molecule has 0 amide bonds. The van der Waals surface area contributed by atoms with Crippen molar-refractivity contribution in [2.45, 2.75) is 65.7 Å². The summed E-state index contributed by atoms with van der Waals surface area (Å²) in [4.78, 5) is 20.3. The van der Waals surface area contributed by atoms with Gasteiger partial charge in [0.2, 0.25) is 0 Å². The minimum atomic E-state index is -0.171. The molecule has 0 atom stereocenters. The van der Waals surface area contributed by atoms with Gasteiger partial charge in [0.05, 0.1) is 17.9 Å². The highest BCUT2D eigenvalue weighted by atomic mass is 16.5. The third-order valence-corrected chi connectivity index (χ3v) is 4.94. The second-order valence-corrected chi connectivity index (χ2v) is 7.12. The molecule has 3 rings (SSSR count). The molecule has 6 nitrogen and oxygen atoms in total. The van der Waals surface area contributed by atoms with Gasteiger partial charge in [0, 0.05) is 6.42 Å². The summed E-state index contributed by atoms with van der Waals surface area (Å²) in [6.45, 7) is 6.58. The van der Waals surface area contributed by atoms with Crippen LogP contribution in [0.15, 0.2) is 29.1 Å². The van der Waals surface area contributed by atoms with E-state index in [1.165, 1.54) is 32.1 Å². The first-order chi connectivity index (χ1) is 13.7.